The van der Waals surface area contributed by atoms with Gasteiger partial charge in [-0.25, -0.2) is 0 Å². The second-order valence-corrected chi connectivity index (χ2v) is 8.58. The Balaban J connectivity index is 1.78. The molecule has 0 aliphatic heterocycles. The summed E-state index contributed by atoms with van der Waals surface area (Å²) in [4.78, 5) is 11.9. The van der Waals surface area contributed by atoms with E-state index < -0.39 is 0 Å². The number of nitrogens with zero attached hydrogens (tertiary/aromatic N) is 2. The van der Waals surface area contributed by atoms with Crippen LogP contribution in [-0.4, -0.2) is 27.6 Å². The van der Waals surface area contributed by atoms with Gasteiger partial charge < -0.3 is 0 Å². The number of amides is 1. The van der Waals surface area contributed by atoms with Crippen LogP contribution >= 0.6 is 58.1 Å². The number of nitrogens with one attached hydrogen (secondary N) is 1. The number of thioether (sulfide) groups is 2. The predicted octanol–water partition coefficient (Wildman–Crippen LogP) is 5.22. The molecule has 0 saturated heterocycles. The lowest BCUT2D eigenvalue weighted by Gasteiger charge is -2.06. The average molecular weight is 408 g/mol. The van der Waals surface area contributed by atoms with Crippen molar-refractivity contribution in [3.63, 3.8) is 0 Å². The molecule has 0 aliphatic carbocycles. The third kappa shape index (κ3) is 6.15. The van der Waals surface area contributed by atoms with Gasteiger partial charge in [0.25, 0.3) is 0 Å². The second-order valence-electron chi connectivity index (χ2n) is 4.46. The molecular formula is C14H15Cl2N3OS3. The van der Waals surface area contributed by atoms with E-state index in [0.29, 0.717) is 26.7 Å². The maximum Gasteiger partial charge on any atom is 0.236 e. The van der Waals surface area contributed by atoms with Crippen LogP contribution in [0.5, 0.6) is 0 Å². The molecule has 1 heterocycles. The van der Waals surface area contributed by atoms with Crippen LogP contribution in [0.4, 0.5) is 5.13 Å². The van der Waals surface area contributed by atoms with Gasteiger partial charge in [-0.1, -0.05) is 59.3 Å². The molecule has 4 nitrogen and oxygen atoms in total. The maximum atomic E-state index is 11.9. The molecule has 2 aromatic rings. The molecule has 23 heavy (non-hydrogen) atoms. The van der Waals surface area contributed by atoms with Crippen molar-refractivity contribution in [2.75, 3.05) is 16.8 Å². The number of halogens is 2. The van der Waals surface area contributed by atoms with E-state index in [1.165, 1.54) is 23.1 Å². The van der Waals surface area contributed by atoms with E-state index in [1.54, 1.807) is 30.0 Å². The van der Waals surface area contributed by atoms with Crippen LogP contribution in [0, 0.1) is 0 Å². The summed E-state index contributed by atoms with van der Waals surface area (Å²) in [6.07, 6.45) is 1.08. The van der Waals surface area contributed by atoms with Crippen LogP contribution in [-0.2, 0) is 10.5 Å². The quantitative estimate of drug-likeness (QED) is 0.480. The van der Waals surface area contributed by atoms with Gasteiger partial charge in [0, 0.05) is 21.6 Å². The Labute approximate surface area is 157 Å². The van der Waals surface area contributed by atoms with Crippen LogP contribution in [0.3, 0.4) is 0 Å². The van der Waals surface area contributed by atoms with Crippen LogP contribution in [0.2, 0.25) is 10.0 Å². The number of carbonyl (C=O) groups excluding carboxylic acids is 1. The molecule has 1 amide bonds. The Morgan fingerprint density at radius 1 is 1.30 bits per heavy atom. The van der Waals surface area contributed by atoms with E-state index in [2.05, 4.69) is 22.4 Å². The van der Waals surface area contributed by atoms with Crippen molar-refractivity contribution in [2.24, 2.45) is 0 Å². The maximum absolute atomic E-state index is 11.9. The van der Waals surface area contributed by atoms with E-state index in [0.717, 1.165) is 22.1 Å². The van der Waals surface area contributed by atoms with Gasteiger partial charge >= 0.3 is 0 Å². The molecule has 1 aromatic carbocycles. The van der Waals surface area contributed by atoms with Crippen LogP contribution in [0.25, 0.3) is 0 Å². The number of hydrogen-bond donors (Lipinski definition) is 1. The molecule has 1 N–H and O–H groups in total. The van der Waals surface area contributed by atoms with Crippen LogP contribution in [0.1, 0.15) is 18.9 Å². The number of aromatic nitrogens is 2. The first-order chi connectivity index (χ1) is 11.1. The summed E-state index contributed by atoms with van der Waals surface area (Å²) in [5.74, 6) is 1.77. The summed E-state index contributed by atoms with van der Waals surface area (Å²) >= 11 is 16.7. The zero-order valence-electron chi connectivity index (χ0n) is 12.3. The van der Waals surface area contributed by atoms with E-state index in [-0.39, 0.29) is 5.91 Å². The van der Waals surface area contributed by atoms with Crippen molar-refractivity contribution in [1.29, 1.82) is 0 Å². The molecule has 0 atom stereocenters. The smallest absolute Gasteiger partial charge is 0.236 e. The lowest BCUT2D eigenvalue weighted by molar-refractivity contribution is -0.113. The van der Waals surface area contributed by atoms with Gasteiger partial charge in [0.05, 0.1) is 5.75 Å². The van der Waals surface area contributed by atoms with E-state index >= 15 is 0 Å². The third-order valence-corrected chi connectivity index (χ3v) is 6.47. The fourth-order valence-corrected chi connectivity index (χ4v) is 4.84. The molecule has 0 fully saturated rings. The van der Waals surface area contributed by atoms with Gasteiger partial charge in [0.2, 0.25) is 11.0 Å². The fourth-order valence-electron chi connectivity index (χ4n) is 1.58. The van der Waals surface area contributed by atoms with Gasteiger partial charge in [-0.05, 0) is 24.1 Å². The summed E-state index contributed by atoms with van der Waals surface area (Å²) in [5.41, 5.74) is 0.850. The minimum absolute atomic E-state index is 0.110. The lowest BCUT2D eigenvalue weighted by Crippen LogP contribution is -2.14. The molecule has 0 radical (unpaired) electrons. The van der Waals surface area contributed by atoms with Crippen molar-refractivity contribution in [1.82, 2.24) is 10.2 Å². The highest BCUT2D eigenvalue weighted by atomic mass is 35.5. The SMILES string of the molecule is CCCSc1nnc(NC(=O)CSCc2c(Cl)cccc2Cl)s1. The molecule has 9 heteroatoms. The molecule has 0 aliphatic rings. The fraction of sp³-hybridized carbons (Fsp3) is 0.357. The Bertz CT molecular complexity index is 646. The Morgan fingerprint density at radius 3 is 2.74 bits per heavy atom. The molecule has 2 rings (SSSR count). The Hall–Kier alpha value is -0.470. The number of rotatable bonds is 8. The minimum atomic E-state index is -0.110. The third-order valence-electron chi connectivity index (χ3n) is 2.62. The van der Waals surface area contributed by atoms with E-state index in [4.69, 9.17) is 23.2 Å². The number of benzene rings is 1. The average Bonchev–Trinajstić information content (AvgIpc) is 2.95. The van der Waals surface area contributed by atoms with Gasteiger partial charge in [-0.2, -0.15) is 0 Å². The normalized spacial score (nSPS) is 10.7. The van der Waals surface area contributed by atoms with Crippen molar-refractivity contribution in [3.8, 4) is 0 Å². The van der Waals surface area contributed by atoms with Crippen LogP contribution < -0.4 is 5.32 Å². The highest BCUT2D eigenvalue weighted by Gasteiger charge is 2.10. The zero-order chi connectivity index (χ0) is 16.7. The van der Waals surface area contributed by atoms with Crippen molar-refractivity contribution in [2.45, 2.75) is 23.4 Å². The largest absolute Gasteiger partial charge is 0.300 e. The number of anilines is 1. The Kier molecular flexibility index (Phi) is 7.98. The highest BCUT2D eigenvalue weighted by molar-refractivity contribution is 8.01. The standard InChI is InChI=1S/C14H15Cl2N3OS3/c1-2-6-22-14-19-18-13(23-14)17-12(20)8-21-7-9-10(15)4-3-5-11(9)16/h3-5H,2,6-8H2,1H3,(H,17,18,20). The molecular weight excluding hydrogens is 393 g/mol. The molecule has 0 saturated carbocycles. The van der Waals surface area contributed by atoms with Gasteiger partial charge in [-0.3, -0.25) is 10.1 Å². The van der Waals surface area contributed by atoms with E-state index in [9.17, 15) is 4.79 Å². The molecule has 124 valence electrons. The number of carbonyl (C=O) groups is 1. The van der Waals surface area contributed by atoms with Crippen molar-refractivity contribution >= 4 is 69.1 Å². The molecule has 1 aromatic heterocycles. The molecule has 0 spiro atoms. The van der Waals surface area contributed by atoms with Gasteiger partial charge in [-0.15, -0.1) is 22.0 Å². The highest BCUT2D eigenvalue weighted by Crippen LogP contribution is 2.29. The lowest BCUT2D eigenvalue weighted by atomic mass is 10.2. The van der Waals surface area contributed by atoms with Crippen LogP contribution in [0.15, 0.2) is 22.5 Å². The predicted molar refractivity (Wildman–Crippen MR) is 102 cm³/mol. The molecule has 0 bridgehead atoms. The summed E-state index contributed by atoms with van der Waals surface area (Å²) in [5, 5.41) is 12.5. The Morgan fingerprint density at radius 2 is 2.04 bits per heavy atom. The summed E-state index contributed by atoms with van der Waals surface area (Å²) < 4.78 is 0.873. The minimum Gasteiger partial charge on any atom is -0.300 e. The summed E-state index contributed by atoms with van der Waals surface area (Å²) in [7, 11) is 0. The zero-order valence-corrected chi connectivity index (χ0v) is 16.3. The monoisotopic (exact) mass is 407 g/mol. The van der Waals surface area contributed by atoms with Crippen molar-refractivity contribution in [3.05, 3.63) is 33.8 Å². The second kappa shape index (κ2) is 9.74. The van der Waals surface area contributed by atoms with Crippen molar-refractivity contribution < 1.29 is 4.79 Å². The molecule has 0 unspecified atom stereocenters. The first kappa shape index (κ1) is 18.9. The summed E-state index contributed by atoms with van der Waals surface area (Å²) in [6.45, 7) is 2.11. The number of hydrogen-bond acceptors (Lipinski definition) is 6. The first-order valence-corrected chi connectivity index (χ1v) is 10.6. The van der Waals surface area contributed by atoms with Gasteiger partial charge in [0.1, 0.15) is 0 Å². The summed E-state index contributed by atoms with van der Waals surface area (Å²) in [6, 6.07) is 5.38. The topological polar surface area (TPSA) is 54.9 Å². The van der Waals surface area contributed by atoms with Gasteiger partial charge in [0.15, 0.2) is 4.34 Å². The first-order valence-electron chi connectivity index (χ1n) is 6.87. The van der Waals surface area contributed by atoms with E-state index in [1.807, 2.05) is 0 Å².